The van der Waals surface area contributed by atoms with Gasteiger partial charge in [0.1, 0.15) is 0 Å². The summed E-state index contributed by atoms with van der Waals surface area (Å²) >= 11 is 0. The van der Waals surface area contributed by atoms with Crippen LogP contribution in [0, 0.1) is 34.0 Å². The summed E-state index contributed by atoms with van der Waals surface area (Å²) in [4.78, 5) is 0. The van der Waals surface area contributed by atoms with E-state index in [-0.39, 0.29) is 0 Å². The molecule has 0 aliphatic heterocycles. The average molecular weight is 636 g/mol. The van der Waals surface area contributed by atoms with Gasteiger partial charge in [0, 0.05) is 32.8 Å². The van der Waals surface area contributed by atoms with E-state index >= 15 is 0 Å². The number of nitriles is 3. The van der Waals surface area contributed by atoms with Crippen LogP contribution in [0.25, 0.3) is 77.2 Å². The lowest BCUT2D eigenvalue weighted by Gasteiger charge is -2.17. The van der Waals surface area contributed by atoms with Gasteiger partial charge < -0.3 is 9.13 Å². The molecule has 230 valence electrons. The molecule has 0 bridgehead atoms. The molecule has 0 atom stereocenters. The Morgan fingerprint density at radius 3 is 1.64 bits per heavy atom. The lowest BCUT2D eigenvalue weighted by atomic mass is 9.92. The summed E-state index contributed by atoms with van der Waals surface area (Å²) in [6.07, 6.45) is 0. The summed E-state index contributed by atoms with van der Waals surface area (Å²) in [5.41, 5.74) is 12.1. The number of aromatic nitrogens is 2. The molecule has 0 saturated heterocycles. The van der Waals surface area contributed by atoms with E-state index in [1.165, 1.54) is 0 Å². The second kappa shape index (κ2) is 11.4. The molecular formula is C45H25N5. The summed E-state index contributed by atoms with van der Waals surface area (Å²) in [6.45, 7) is 0. The van der Waals surface area contributed by atoms with Crippen molar-refractivity contribution < 1.29 is 0 Å². The van der Waals surface area contributed by atoms with Crippen molar-refractivity contribution in [3.63, 3.8) is 0 Å². The van der Waals surface area contributed by atoms with Crippen molar-refractivity contribution in [1.29, 1.82) is 15.8 Å². The monoisotopic (exact) mass is 635 g/mol. The molecule has 7 aromatic carbocycles. The highest BCUT2D eigenvalue weighted by molar-refractivity contribution is 6.12. The Bertz CT molecular complexity index is 2970. The van der Waals surface area contributed by atoms with Crippen LogP contribution < -0.4 is 0 Å². The molecule has 2 heterocycles. The SMILES string of the molecule is N#Cc1cccc(-n2c3ccc(C#N)cc3c3cc(-c4ccccc4-c4ccccc4-n4c5ccccc5c5cc(C#N)ccc54)ccc32)c1. The van der Waals surface area contributed by atoms with E-state index in [1.54, 1.807) is 6.07 Å². The maximum Gasteiger partial charge on any atom is 0.0992 e. The van der Waals surface area contributed by atoms with Crippen LogP contribution in [0.2, 0.25) is 0 Å². The van der Waals surface area contributed by atoms with Gasteiger partial charge in [-0.05, 0) is 95.6 Å². The van der Waals surface area contributed by atoms with Gasteiger partial charge in [0.05, 0.1) is 62.7 Å². The highest BCUT2D eigenvalue weighted by atomic mass is 15.0. The van der Waals surface area contributed by atoms with Crippen LogP contribution in [-0.4, -0.2) is 9.13 Å². The molecule has 0 aliphatic rings. The van der Waals surface area contributed by atoms with Crippen LogP contribution >= 0.6 is 0 Å². The van der Waals surface area contributed by atoms with Crippen molar-refractivity contribution in [2.45, 2.75) is 0 Å². The van der Waals surface area contributed by atoms with E-state index in [9.17, 15) is 15.8 Å². The van der Waals surface area contributed by atoms with Gasteiger partial charge in [-0.2, -0.15) is 15.8 Å². The lowest BCUT2D eigenvalue weighted by molar-refractivity contribution is 1.18. The summed E-state index contributed by atoms with van der Waals surface area (Å²) < 4.78 is 4.46. The fraction of sp³-hybridized carbons (Fsp3) is 0. The van der Waals surface area contributed by atoms with Crippen LogP contribution in [0.4, 0.5) is 0 Å². The van der Waals surface area contributed by atoms with Crippen LogP contribution in [0.1, 0.15) is 16.7 Å². The van der Waals surface area contributed by atoms with Gasteiger partial charge in [0.2, 0.25) is 0 Å². The van der Waals surface area contributed by atoms with Gasteiger partial charge in [0.15, 0.2) is 0 Å². The molecule has 0 saturated carbocycles. The predicted octanol–water partition coefficient (Wildman–Crippen LogP) is 10.8. The number of benzene rings is 7. The van der Waals surface area contributed by atoms with Gasteiger partial charge >= 0.3 is 0 Å². The Labute approximate surface area is 287 Å². The average Bonchev–Trinajstić information content (AvgIpc) is 3.69. The zero-order chi connectivity index (χ0) is 33.8. The first-order valence-electron chi connectivity index (χ1n) is 16.3. The highest BCUT2D eigenvalue weighted by Crippen LogP contribution is 2.41. The predicted molar refractivity (Wildman–Crippen MR) is 200 cm³/mol. The summed E-state index contributed by atoms with van der Waals surface area (Å²) in [6, 6.07) is 58.0. The molecule has 0 radical (unpaired) electrons. The second-order valence-electron chi connectivity index (χ2n) is 12.3. The van der Waals surface area contributed by atoms with Gasteiger partial charge in [-0.1, -0.05) is 72.8 Å². The molecule has 0 amide bonds. The fourth-order valence-corrected chi connectivity index (χ4v) is 7.42. The van der Waals surface area contributed by atoms with Gasteiger partial charge in [-0.3, -0.25) is 0 Å². The molecule has 0 unspecified atom stereocenters. The van der Waals surface area contributed by atoms with Gasteiger partial charge in [-0.15, -0.1) is 0 Å². The number of fused-ring (bicyclic) bond motifs is 6. The van der Waals surface area contributed by atoms with Gasteiger partial charge in [-0.25, -0.2) is 0 Å². The number of hydrogen-bond acceptors (Lipinski definition) is 3. The molecule has 0 fully saturated rings. The van der Waals surface area contributed by atoms with E-state index in [0.29, 0.717) is 16.7 Å². The minimum atomic E-state index is 0.587. The molecule has 5 heteroatoms. The number of rotatable bonds is 4. The summed E-state index contributed by atoms with van der Waals surface area (Å²) in [7, 11) is 0. The van der Waals surface area contributed by atoms with E-state index < -0.39 is 0 Å². The Hall–Kier alpha value is -7.39. The molecule has 50 heavy (non-hydrogen) atoms. The van der Waals surface area contributed by atoms with Crippen molar-refractivity contribution in [3.05, 3.63) is 168 Å². The van der Waals surface area contributed by atoms with E-state index in [4.69, 9.17) is 0 Å². The first kappa shape index (κ1) is 28.8. The molecule has 9 rings (SSSR count). The second-order valence-corrected chi connectivity index (χ2v) is 12.3. The minimum Gasteiger partial charge on any atom is -0.309 e. The van der Waals surface area contributed by atoms with Crippen molar-refractivity contribution in [2.24, 2.45) is 0 Å². The molecular weight excluding hydrogens is 611 g/mol. The molecule has 0 N–H and O–H groups in total. The Morgan fingerprint density at radius 1 is 0.360 bits per heavy atom. The maximum absolute atomic E-state index is 9.81. The normalized spacial score (nSPS) is 11.1. The summed E-state index contributed by atoms with van der Waals surface area (Å²) in [5.74, 6) is 0. The zero-order valence-electron chi connectivity index (χ0n) is 26.7. The van der Waals surface area contributed by atoms with Crippen LogP contribution in [0.5, 0.6) is 0 Å². The number of hydrogen-bond donors (Lipinski definition) is 0. The Morgan fingerprint density at radius 2 is 0.900 bits per heavy atom. The first-order chi connectivity index (χ1) is 24.7. The third-order valence-electron chi connectivity index (χ3n) is 9.60. The minimum absolute atomic E-state index is 0.587. The lowest BCUT2D eigenvalue weighted by Crippen LogP contribution is -1.98. The standard InChI is InChI=1S/C45H25N5/c46-26-29-8-7-9-33(22-29)49-43-19-16-31(28-48)24-39(43)40-25-32(18-21-44(40)49)34-10-1-2-11-35(34)36-12-3-5-14-41(36)50-42-15-6-4-13-37(42)38-23-30(27-47)17-20-45(38)50/h1-25H. The number of para-hydroxylation sites is 2. The van der Waals surface area contributed by atoms with E-state index in [0.717, 1.165) is 77.2 Å². The smallest absolute Gasteiger partial charge is 0.0992 e. The zero-order valence-corrected chi connectivity index (χ0v) is 26.7. The third-order valence-corrected chi connectivity index (χ3v) is 9.60. The maximum atomic E-state index is 9.81. The van der Waals surface area contributed by atoms with Crippen LogP contribution in [0.15, 0.2) is 152 Å². The molecule has 0 spiro atoms. The van der Waals surface area contributed by atoms with Crippen LogP contribution in [0.3, 0.4) is 0 Å². The fourth-order valence-electron chi connectivity index (χ4n) is 7.42. The van der Waals surface area contributed by atoms with Crippen molar-refractivity contribution in [1.82, 2.24) is 9.13 Å². The third kappa shape index (κ3) is 4.38. The quantitative estimate of drug-likeness (QED) is 0.193. The van der Waals surface area contributed by atoms with E-state index in [1.807, 2.05) is 60.7 Å². The van der Waals surface area contributed by atoms with Crippen molar-refractivity contribution in [3.8, 4) is 51.8 Å². The molecule has 9 aromatic rings. The van der Waals surface area contributed by atoms with Crippen molar-refractivity contribution >= 4 is 43.6 Å². The number of nitrogens with zero attached hydrogens (tertiary/aromatic N) is 5. The van der Waals surface area contributed by atoms with Crippen molar-refractivity contribution in [2.75, 3.05) is 0 Å². The van der Waals surface area contributed by atoms with Crippen LogP contribution in [-0.2, 0) is 0 Å². The summed E-state index contributed by atoms with van der Waals surface area (Å²) in [5, 5.41) is 33.3. The van der Waals surface area contributed by atoms with E-state index in [2.05, 4.69) is 112 Å². The molecule has 0 aliphatic carbocycles. The van der Waals surface area contributed by atoms with Gasteiger partial charge in [0.25, 0.3) is 0 Å². The Balaban J connectivity index is 1.28. The largest absolute Gasteiger partial charge is 0.309 e. The topological polar surface area (TPSA) is 81.2 Å². The molecule has 2 aromatic heterocycles. The Kier molecular flexibility index (Phi) is 6.56. The highest BCUT2D eigenvalue weighted by Gasteiger charge is 2.19. The molecule has 5 nitrogen and oxygen atoms in total. The first-order valence-corrected chi connectivity index (χ1v) is 16.3.